The van der Waals surface area contributed by atoms with E-state index in [1.807, 2.05) is 6.20 Å². The highest BCUT2D eigenvalue weighted by molar-refractivity contribution is 7.09. The second-order valence-electron chi connectivity index (χ2n) is 5.67. The normalized spacial score (nSPS) is 26.1. The molecule has 1 saturated carbocycles. The first-order chi connectivity index (χ1) is 9.38. The summed E-state index contributed by atoms with van der Waals surface area (Å²) in [6.45, 7) is 0. The van der Waals surface area contributed by atoms with Gasteiger partial charge >= 0.3 is 0 Å². The molecule has 1 unspecified atom stereocenters. The first-order valence-corrected chi connectivity index (χ1v) is 8.02. The van der Waals surface area contributed by atoms with Crippen molar-refractivity contribution < 1.29 is 0 Å². The minimum absolute atomic E-state index is 0.0236. The van der Waals surface area contributed by atoms with Gasteiger partial charge in [0.25, 0.3) is 0 Å². The van der Waals surface area contributed by atoms with Crippen molar-refractivity contribution in [2.24, 2.45) is 0 Å². The van der Waals surface area contributed by atoms with Crippen molar-refractivity contribution in [1.82, 2.24) is 10.3 Å². The van der Waals surface area contributed by atoms with Crippen LogP contribution in [0.15, 0.2) is 35.8 Å². The van der Waals surface area contributed by atoms with E-state index in [2.05, 4.69) is 39.9 Å². The Balaban J connectivity index is 1.87. The summed E-state index contributed by atoms with van der Waals surface area (Å²) in [6, 6.07) is 9.60. The summed E-state index contributed by atoms with van der Waals surface area (Å²) in [7, 11) is 0. The van der Waals surface area contributed by atoms with Gasteiger partial charge in [0.15, 0.2) is 0 Å². The van der Waals surface area contributed by atoms with Crippen molar-refractivity contribution in [2.45, 2.75) is 43.7 Å². The Bertz CT molecular complexity index is 574. The number of fused-ring (bicyclic) bond motifs is 1. The lowest BCUT2D eigenvalue weighted by Gasteiger charge is -2.39. The summed E-state index contributed by atoms with van der Waals surface area (Å²) in [5.41, 5.74) is 2.93. The third-order valence-corrected chi connectivity index (χ3v) is 5.24. The number of aryl methyl sites for hydroxylation is 1. The fourth-order valence-corrected chi connectivity index (χ4v) is 4.12. The van der Waals surface area contributed by atoms with Crippen molar-refractivity contribution in [3.63, 3.8) is 0 Å². The van der Waals surface area contributed by atoms with Gasteiger partial charge in [-0.1, -0.05) is 24.3 Å². The molecule has 0 bridgehead atoms. The van der Waals surface area contributed by atoms with Gasteiger partial charge in [-0.05, 0) is 43.2 Å². The SMILES string of the molecule is c1ccc2c(c1)CCCC2(NC1CC1)c1nccs1. The van der Waals surface area contributed by atoms with Gasteiger partial charge in [0.05, 0.1) is 5.54 Å². The molecular formula is C16H18N2S. The molecule has 1 aromatic carbocycles. The summed E-state index contributed by atoms with van der Waals surface area (Å²) in [5.74, 6) is 0. The Morgan fingerprint density at radius 2 is 2.16 bits per heavy atom. The molecular weight excluding hydrogens is 252 g/mol. The minimum Gasteiger partial charge on any atom is -0.299 e. The summed E-state index contributed by atoms with van der Waals surface area (Å²) in [6.07, 6.45) is 8.19. The van der Waals surface area contributed by atoms with Crippen LogP contribution in [0.3, 0.4) is 0 Å². The molecule has 3 heteroatoms. The fraction of sp³-hybridized carbons (Fsp3) is 0.438. The van der Waals surface area contributed by atoms with Gasteiger partial charge in [-0.15, -0.1) is 11.3 Å². The molecule has 0 amide bonds. The molecule has 98 valence electrons. The van der Waals surface area contributed by atoms with Crippen molar-refractivity contribution in [1.29, 1.82) is 0 Å². The Hall–Kier alpha value is -1.19. The quantitative estimate of drug-likeness (QED) is 0.923. The van der Waals surface area contributed by atoms with Gasteiger partial charge in [0.1, 0.15) is 5.01 Å². The standard InChI is InChI=1S/C16H18N2S/c1-2-6-14-12(4-1)5-3-9-16(14,18-13-7-8-13)15-17-10-11-19-15/h1-2,4,6,10-11,13,18H,3,5,7-9H2. The molecule has 1 heterocycles. The maximum Gasteiger partial charge on any atom is 0.117 e. The number of hydrogen-bond acceptors (Lipinski definition) is 3. The second-order valence-corrected chi connectivity index (χ2v) is 6.57. The predicted octanol–water partition coefficient (Wildman–Crippen LogP) is 3.48. The average molecular weight is 270 g/mol. The van der Waals surface area contributed by atoms with Crippen LogP contribution in [-0.2, 0) is 12.0 Å². The number of nitrogens with one attached hydrogen (secondary N) is 1. The van der Waals surface area contributed by atoms with E-state index in [9.17, 15) is 0 Å². The van der Waals surface area contributed by atoms with Gasteiger partial charge in [0, 0.05) is 17.6 Å². The molecule has 1 atom stereocenters. The van der Waals surface area contributed by atoms with E-state index in [0.29, 0.717) is 6.04 Å². The zero-order valence-electron chi connectivity index (χ0n) is 10.9. The number of nitrogens with zero attached hydrogens (tertiary/aromatic N) is 1. The fourth-order valence-electron chi connectivity index (χ4n) is 3.28. The maximum absolute atomic E-state index is 4.65. The van der Waals surface area contributed by atoms with Crippen molar-refractivity contribution in [2.75, 3.05) is 0 Å². The molecule has 0 radical (unpaired) electrons. The van der Waals surface area contributed by atoms with Crippen LogP contribution in [0.5, 0.6) is 0 Å². The number of hydrogen-bond donors (Lipinski definition) is 1. The molecule has 0 spiro atoms. The maximum atomic E-state index is 4.65. The zero-order valence-corrected chi connectivity index (χ0v) is 11.7. The summed E-state index contributed by atoms with van der Waals surface area (Å²) in [4.78, 5) is 4.65. The zero-order chi connectivity index (χ0) is 12.7. The molecule has 2 nitrogen and oxygen atoms in total. The van der Waals surface area contributed by atoms with Crippen molar-refractivity contribution in [3.8, 4) is 0 Å². The average Bonchev–Trinajstić information content (AvgIpc) is 3.08. The molecule has 0 saturated heterocycles. The second kappa shape index (κ2) is 4.43. The smallest absolute Gasteiger partial charge is 0.117 e. The highest BCUT2D eigenvalue weighted by Gasteiger charge is 2.43. The Labute approximate surface area is 117 Å². The van der Waals surface area contributed by atoms with E-state index in [1.54, 1.807) is 11.3 Å². The lowest BCUT2D eigenvalue weighted by molar-refractivity contribution is 0.339. The van der Waals surface area contributed by atoms with Crippen LogP contribution < -0.4 is 5.32 Å². The molecule has 1 fully saturated rings. The molecule has 4 rings (SSSR count). The van der Waals surface area contributed by atoms with Crippen LogP contribution >= 0.6 is 11.3 Å². The number of benzene rings is 1. The Morgan fingerprint density at radius 3 is 2.95 bits per heavy atom. The van der Waals surface area contributed by atoms with E-state index in [4.69, 9.17) is 0 Å². The van der Waals surface area contributed by atoms with Crippen LogP contribution in [0.4, 0.5) is 0 Å². The van der Waals surface area contributed by atoms with Gasteiger partial charge in [0.2, 0.25) is 0 Å². The molecule has 2 aromatic rings. The molecule has 0 aliphatic heterocycles. The van der Waals surface area contributed by atoms with Gasteiger partial charge in [-0.25, -0.2) is 4.98 Å². The molecule has 1 N–H and O–H groups in total. The van der Waals surface area contributed by atoms with Crippen LogP contribution in [0.2, 0.25) is 0 Å². The summed E-state index contributed by atoms with van der Waals surface area (Å²) in [5, 5.41) is 7.26. The Kier molecular flexibility index (Phi) is 2.71. The van der Waals surface area contributed by atoms with Crippen LogP contribution in [0.25, 0.3) is 0 Å². The van der Waals surface area contributed by atoms with Crippen molar-refractivity contribution in [3.05, 3.63) is 52.0 Å². The third-order valence-electron chi connectivity index (χ3n) is 4.30. The van der Waals surface area contributed by atoms with Crippen LogP contribution in [0.1, 0.15) is 41.8 Å². The lowest BCUT2D eigenvalue weighted by atomic mass is 9.76. The summed E-state index contributed by atoms with van der Waals surface area (Å²) < 4.78 is 0. The number of rotatable bonds is 3. The lowest BCUT2D eigenvalue weighted by Crippen LogP contribution is -2.47. The van der Waals surface area contributed by atoms with E-state index in [0.717, 1.165) is 0 Å². The summed E-state index contributed by atoms with van der Waals surface area (Å²) >= 11 is 1.79. The largest absolute Gasteiger partial charge is 0.299 e. The number of thiazole rings is 1. The Morgan fingerprint density at radius 1 is 1.26 bits per heavy atom. The topological polar surface area (TPSA) is 24.9 Å². The van der Waals surface area contributed by atoms with Gasteiger partial charge < -0.3 is 0 Å². The van der Waals surface area contributed by atoms with E-state index >= 15 is 0 Å². The predicted molar refractivity (Wildman–Crippen MR) is 78.4 cm³/mol. The number of aromatic nitrogens is 1. The van der Waals surface area contributed by atoms with Gasteiger partial charge in [-0.2, -0.15) is 0 Å². The third kappa shape index (κ3) is 1.92. The van der Waals surface area contributed by atoms with E-state index < -0.39 is 0 Å². The molecule has 19 heavy (non-hydrogen) atoms. The van der Waals surface area contributed by atoms with Crippen LogP contribution in [0, 0.1) is 0 Å². The van der Waals surface area contributed by atoms with E-state index in [-0.39, 0.29) is 5.54 Å². The van der Waals surface area contributed by atoms with E-state index in [1.165, 1.54) is 48.2 Å². The first-order valence-electron chi connectivity index (χ1n) is 7.14. The van der Waals surface area contributed by atoms with Crippen molar-refractivity contribution >= 4 is 11.3 Å². The molecule has 2 aliphatic rings. The highest BCUT2D eigenvalue weighted by atomic mass is 32.1. The minimum atomic E-state index is -0.0236. The highest BCUT2D eigenvalue weighted by Crippen LogP contribution is 2.43. The van der Waals surface area contributed by atoms with Crippen LogP contribution in [-0.4, -0.2) is 11.0 Å². The molecule has 2 aliphatic carbocycles. The first kappa shape index (κ1) is 11.6. The van der Waals surface area contributed by atoms with Gasteiger partial charge in [-0.3, -0.25) is 5.32 Å². The monoisotopic (exact) mass is 270 g/mol. The molecule has 1 aromatic heterocycles.